The highest BCUT2D eigenvalue weighted by Crippen LogP contribution is 2.03. The van der Waals surface area contributed by atoms with Crippen molar-refractivity contribution in [2.75, 3.05) is 13.1 Å². The third kappa shape index (κ3) is 3.31. The SMILES string of the molecule is Fc1ccc(C[NH+]2CCCCCC2)cc1. The summed E-state index contributed by atoms with van der Waals surface area (Å²) in [6.45, 7) is 3.61. The van der Waals surface area contributed by atoms with Gasteiger partial charge in [-0.25, -0.2) is 4.39 Å². The topological polar surface area (TPSA) is 4.44 Å². The maximum atomic E-state index is 12.7. The van der Waals surface area contributed by atoms with Crippen LogP contribution in [0.25, 0.3) is 0 Å². The largest absolute Gasteiger partial charge is 0.331 e. The Morgan fingerprint density at radius 1 is 0.933 bits per heavy atom. The molecule has 1 heterocycles. The fraction of sp³-hybridized carbons (Fsp3) is 0.538. The number of nitrogens with one attached hydrogen (secondary N) is 1. The molecule has 0 aromatic heterocycles. The zero-order chi connectivity index (χ0) is 10.5. The van der Waals surface area contributed by atoms with Gasteiger partial charge in [0, 0.05) is 5.56 Å². The molecule has 1 fully saturated rings. The molecule has 0 unspecified atom stereocenters. The summed E-state index contributed by atoms with van der Waals surface area (Å²) >= 11 is 0. The molecule has 2 rings (SSSR count). The second-order valence-corrected chi connectivity index (χ2v) is 4.47. The number of benzene rings is 1. The molecule has 0 amide bonds. The standard InChI is InChI=1S/C13H18FN/c14-13-7-5-12(6-8-13)11-15-9-3-1-2-4-10-15/h5-8H,1-4,9-11H2/p+1. The highest BCUT2D eigenvalue weighted by molar-refractivity contribution is 5.14. The minimum atomic E-state index is -0.135. The first-order valence-electron chi connectivity index (χ1n) is 5.92. The summed E-state index contributed by atoms with van der Waals surface area (Å²) in [5.41, 5.74) is 1.26. The van der Waals surface area contributed by atoms with Crippen LogP contribution in [0.1, 0.15) is 31.2 Å². The van der Waals surface area contributed by atoms with E-state index in [9.17, 15) is 4.39 Å². The van der Waals surface area contributed by atoms with E-state index in [0.717, 1.165) is 6.54 Å². The summed E-state index contributed by atoms with van der Waals surface area (Å²) in [5, 5.41) is 0. The molecule has 0 spiro atoms. The minimum absolute atomic E-state index is 0.135. The van der Waals surface area contributed by atoms with E-state index in [1.165, 1.54) is 44.3 Å². The van der Waals surface area contributed by atoms with Crippen molar-refractivity contribution in [2.45, 2.75) is 32.2 Å². The quantitative estimate of drug-likeness (QED) is 0.755. The van der Waals surface area contributed by atoms with Crippen LogP contribution in [0.15, 0.2) is 24.3 Å². The van der Waals surface area contributed by atoms with Gasteiger partial charge in [-0.3, -0.25) is 0 Å². The van der Waals surface area contributed by atoms with Crippen molar-refractivity contribution in [3.63, 3.8) is 0 Å². The summed E-state index contributed by atoms with van der Waals surface area (Å²) in [7, 11) is 0. The molecule has 0 atom stereocenters. The van der Waals surface area contributed by atoms with Crippen LogP contribution in [-0.4, -0.2) is 13.1 Å². The van der Waals surface area contributed by atoms with Crippen molar-refractivity contribution >= 4 is 0 Å². The molecular formula is C13H19FN+. The summed E-state index contributed by atoms with van der Waals surface area (Å²) in [4.78, 5) is 1.65. The number of hydrogen-bond acceptors (Lipinski definition) is 0. The van der Waals surface area contributed by atoms with Gasteiger partial charge in [0.2, 0.25) is 0 Å². The second kappa shape index (κ2) is 5.26. The molecule has 1 aromatic carbocycles. The van der Waals surface area contributed by atoms with E-state index in [4.69, 9.17) is 0 Å². The van der Waals surface area contributed by atoms with Crippen molar-refractivity contribution < 1.29 is 9.29 Å². The first-order valence-corrected chi connectivity index (χ1v) is 5.92. The van der Waals surface area contributed by atoms with E-state index in [-0.39, 0.29) is 5.82 Å². The van der Waals surface area contributed by atoms with Crippen molar-refractivity contribution in [1.29, 1.82) is 0 Å². The number of rotatable bonds is 2. The normalized spacial score (nSPS) is 18.7. The van der Waals surface area contributed by atoms with Crippen LogP contribution in [0.5, 0.6) is 0 Å². The van der Waals surface area contributed by atoms with Gasteiger partial charge in [0.15, 0.2) is 0 Å². The van der Waals surface area contributed by atoms with Crippen molar-refractivity contribution in [3.8, 4) is 0 Å². The Kier molecular flexibility index (Phi) is 3.73. The fourth-order valence-electron chi connectivity index (χ4n) is 2.30. The zero-order valence-corrected chi connectivity index (χ0v) is 9.14. The molecule has 2 heteroatoms. The van der Waals surface area contributed by atoms with E-state index in [1.807, 2.05) is 12.1 Å². The molecule has 1 N–H and O–H groups in total. The van der Waals surface area contributed by atoms with Gasteiger partial charge < -0.3 is 4.90 Å². The Bertz CT molecular complexity index is 286. The van der Waals surface area contributed by atoms with Gasteiger partial charge in [0.25, 0.3) is 0 Å². The highest BCUT2D eigenvalue weighted by atomic mass is 19.1. The van der Waals surface area contributed by atoms with Gasteiger partial charge in [-0.05, 0) is 37.8 Å². The van der Waals surface area contributed by atoms with Gasteiger partial charge in [0.1, 0.15) is 12.4 Å². The van der Waals surface area contributed by atoms with E-state index in [0.29, 0.717) is 0 Å². The second-order valence-electron chi connectivity index (χ2n) is 4.47. The Morgan fingerprint density at radius 3 is 2.13 bits per heavy atom. The fourth-order valence-corrected chi connectivity index (χ4v) is 2.30. The van der Waals surface area contributed by atoms with Crippen LogP contribution in [0.3, 0.4) is 0 Å². The summed E-state index contributed by atoms with van der Waals surface area (Å²) in [5.74, 6) is -0.135. The molecular weight excluding hydrogens is 189 g/mol. The van der Waals surface area contributed by atoms with Gasteiger partial charge in [-0.2, -0.15) is 0 Å². The lowest BCUT2D eigenvalue weighted by molar-refractivity contribution is -0.913. The van der Waals surface area contributed by atoms with Crippen LogP contribution < -0.4 is 4.90 Å². The third-order valence-corrected chi connectivity index (χ3v) is 3.18. The maximum absolute atomic E-state index is 12.7. The third-order valence-electron chi connectivity index (χ3n) is 3.18. The molecule has 82 valence electrons. The van der Waals surface area contributed by atoms with E-state index in [2.05, 4.69) is 0 Å². The molecule has 1 aliphatic rings. The Morgan fingerprint density at radius 2 is 1.53 bits per heavy atom. The predicted molar refractivity (Wildman–Crippen MR) is 59.3 cm³/mol. The van der Waals surface area contributed by atoms with Crippen LogP contribution >= 0.6 is 0 Å². The van der Waals surface area contributed by atoms with E-state index < -0.39 is 0 Å². The molecule has 1 aliphatic heterocycles. The average molecular weight is 208 g/mol. The average Bonchev–Trinajstić information content (AvgIpc) is 2.50. The van der Waals surface area contributed by atoms with Gasteiger partial charge in [-0.1, -0.05) is 12.1 Å². The molecule has 0 aliphatic carbocycles. The number of likely N-dealkylation sites (tertiary alicyclic amines) is 1. The van der Waals surface area contributed by atoms with Crippen LogP contribution in [0, 0.1) is 5.82 Å². The van der Waals surface area contributed by atoms with Crippen molar-refractivity contribution in [2.24, 2.45) is 0 Å². The predicted octanol–water partition coefficient (Wildman–Crippen LogP) is 1.78. The van der Waals surface area contributed by atoms with Crippen molar-refractivity contribution in [3.05, 3.63) is 35.6 Å². The smallest absolute Gasteiger partial charge is 0.123 e. The van der Waals surface area contributed by atoms with Gasteiger partial charge in [-0.15, -0.1) is 0 Å². The van der Waals surface area contributed by atoms with Crippen molar-refractivity contribution in [1.82, 2.24) is 0 Å². The maximum Gasteiger partial charge on any atom is 0.123 e. The molecule has 1 saturated heterocycles. The molecule has 0 radical (unpaired) electrons. The molecule has 15 heavy (non-hydrogen) atoms. The summed E-state index contributed by atoms with van der Waals surface area (Å²) in [6, 6.07) is 6.94. The van der Waals surface area contributed by atoms with Crippen LogP contribution in [0.2, 0.25) is 0 Å². The first-order chi connectivity index (χ1) is 7.34. The van der Waals surface area contributed by atoms with Gasteiger partial charge >= 0.3 is 0 Å². The number of quaternary nitrogens is 1. The zero-order valence-electron chi connectivity index (χ0n) is 9.14. The molecule has 1 aromatic rings. The Labute approximate surface area is 90.9 Å². The Hall–Kier alpha value is -0.890. The lowest BCUT2D eigenvalue weighted by Gasteiger charge is -2.16. The monoisotopic (exact) mass is 208 g/mol. The van der Waals surface area contributed by atoms with Crippen LogP contribution in [-0.2, 0) is 6.54 Å². The molecule has 0 bridgehead atoms. The summed E-state index contributed by atoms with van der Waals surface area (Å²) in [6.07, 6.45) is 5.45. The number of hydrogen-bond donors (Lipinski definition) is 1. The first kappa shape index (κ1) is 10.6. The summed E-state index contributed by atoms with van der Waals surface area (Å²) < 4.78 is 12.7. The van der Waals surface area contributed by atoms with Crippen LogP contribution in [0.4, 0.5) is 4.39 Å². The molecule has 0 saturated carbocycles. The lowest BCUT2D eigenvalue weighted by atomic mass is 10.2. The number of halogens is 1. The minimum Gasteiger partial charge on any atom is -0.331 e. The van der Waals surface area contributed by atoms with E-state index >= 15 is 0 Å². The molecule has 1 nitrogen and oxygen atoms in total. The van der Waals surface area contributed by atoms with Gasteiger partial charge in [0.05, 0.1) is 13.1 Å². The Balaban J connectivity index is 1.92. The highest BCUT2D eigenvalue weighted by Gasteiger charge is 2.12. The lowest BCUT2D eigenvalue weighted by Crippen LogP contribution is -3.10. The van der Waals surface area contributed by atoms with E-state index in [1.54, 1.807) is 17.0 Å².